The fraction of sp³-hybridized carbons (Fsp3) is 0.222. The van der Waals surface area contributed by atoms with Crippen molar-refractivity contribution in [1.29, 1.82) is 0 Å². The van der Waals surface area contributed by atoms with Crippen LogP contribution in [0, 0.1) is 0 Å². The summed E-state index contributed by atoms with van der Waals surface area (Å²) >= 11 is 0. The van der Waals surface area contributed by atoms with Gasteiger partial charge in [0.1, 0.15) is 23.6 Å². The standard InChI is InChI=1S/C18H20N2O10S2/c21-13-3-1-9(31(27)28)7-11(13)15(17(23)24)19-5-6-20-16(18(25)26)12-8-10(32(29)30)2-4-14(12)22/h1-4,7-8,15-16,19-22,31-32H,5-6H2,(H,23,24)(H,25,26). The zero-order valence-corrected chi connectivity index (χ0v) is 18.0. The van der Waals surface area contributed by atoms with Gasteiger partial charge in [-0.25, -0.2) is 16.8 Å². The van der Waals surface area contributed by atoms with E-state index in [1.165, 1.54) is 0 Å². The van der Waals surface area contributed by atoms with Gasteiger partial charge in [-0.15, -0.1) is 0 Å². The Labute approximate surface area is 185 Å². The van der Waals surface area contributed by atoms with Crippen LogP contribution in [0.3, 0.4) is 0 Å². The van der Waals surface area contributed by atoms with E-state index in [-0.39, 0.29) is 34.0 Å². The molecule has 14 heteroatoms. The molecule has 6 N–H and O–H groups in total. The van der Waals surface area contributed by atoms with Crippen LogP contribution in [0.4, 0.5) is 0 Å². The molecule has 2 rings (SSSR count). The topological polar surface area (TPSA) is 207 Å². The Morgan fingerprint density at radius 2 is 1.06 bits per heavy atom. The third kappa shape index (κ3) is 6.16. The van der Waals surface area contributed by atoms with Gasteiger partial charge in [-0.3, -0.25) is 20.2 Å². The van der Waals surface area contributed by atoms with Gasteiger partial charge in [0.2, 0.25) is 0 Å². The normalized spacial score (nSPS) is 13.2. The molecule has 32 heavy (non-hydrogen) atoms. The number of phenols is 2. The van der Waals surface area contributed by atoms with Gasteiger partial charge in [-0.2, -0.15) is 0 Å². The number of nitrogens with one attached hydrogen (secondary N) is 2. The summed E-state index contributed by atoms with van der Waals surface area (Å²) in [6, 6.07) is 3.32. The lowest BCUT2D eigenvalue weighted by Crippen LogP contribution is -2.37. The quantitative estimate of drug-likeness (QED) is 0.144. The summed E-state index contributed by atoms with van der Waals surface area (Å²) in [7, 11) is -6.03. The number of carboxylic acid groups (broad SMARTS) is 2. The number of thiol groups is 2. The van der Waals surface area contributed by atoms with E-state index in [2.05, 4.69) is 10.6 Å². The van der Waals surface area contributed by atoms with E-state index in [1.807, 2.05) is 0 Å². The maximum Gasteiger partial charge on any atom is 0.325 e. The van der Waals surface area contributed by atoms with Crippen LogP contribution in [-0.4, -0.2) is 62.3 Å². The maximum absolute atomic E-state index is 11.6. The molecule has 0 aromatic heterocycles. The average molecular weight is 488 g/mol. The molecule has 0 aliphatic carbocycles. The van der Waals surface area contributed by atoms with Crippen LogP contribution in [-0.2, 0) is 31.0 Å². The highest BCUT2D eigenvalue weighted by Crippen LogP contribution is 2.27. The molecule has 0 amide bonds. The lowest BCUT2D eigenvalue weighted by Gasteiger charge is -2.19. The van der Waals surface area contributed by atoms with E-state index >= 15 is 0 Å². The van der Waals surface area contributed by atoms with Crippen molar-refractivity contribution in [3.63, 3.8) is 0 Å². The summed E-state index contributed by atoms with van der Waals surface area (Å²) in [4.78, 5) is 22.8. The van der Waals surface area contributed by atoms with Crippen molar-refractivity contribution in [1.82, 2.24) is 10.6 Å². The van der Waals surface area contributed by atoms with Crippen LogP contribution >= 0.6 is 0 Å². The first kappa shape index (κ1) is 25.1. The molecule has 0 radical (unpaired) electrons. The van der Waals surface area contributed by atoms with Crippen molar-refractivity contribution >= 4 is 33.3 Å². The predicted molar refractivity (Wildman–Crippen MR) is 110 cm³/mol. The third-order valence-corrected chi connectivity index (χ3v) is 5.78. The maximum atomic E-state index is 11.6. The lowest BCUT2D eigenvalue weighted by atomic mass is 10.1. The Balaban J connectivity index is 2.15. The fourth-order valence-corrected chi connectivity index (χ4v) is 3.75. The van der Waals surface area contributed by atoms with E-state index in [0.717, 1.165) is 36.4 Å². The second-order valence-electron chi connectivity index (χ2n) is 6.45. The summed E-state index contributed by atoms with van der Waals surface area (Å²) in [5.74, 6) is -3.73. The zero-order chi connectivity index (χ0) is 24.0. The molecular weight excluding hydrogens is 468 g/mol. The summed E-state index contributed by atoms with van der Waals surface area (Å²) in [6.07, 6.45) is 0. The molecule has 174 valence electrons. The van der Waals surface area contributed by atoms with Crippen LogP contribution in [0.5, 0.6) is 11.5 Å². The van der Waals surface area contributed by atoms with Gasteiger partial charge in [0.15, 0.2) is 21.4 Å². The fourth-order valence-electron chi connectivity index (χ4n) is 2.87. The number of aromatic hydroxyl groups is 2. The molecule has 2 aromatic carbocycles. The highest BCUT2D eigenvalue weighted by molar-refractivity contribution is 7.72. The molecule has 0 heterocycles. The molecular formula is C18H20N2O10S2. The van der Waals surface area contributed by atoms with Crippen molar-refractivity contribution in [2.75, 3.05) is 13.1 Å². The van der Waals surface area contributed by atoms with Gasteiger partial charge in [0.05, 0.1) is 9.79 Å². The molecule has 12 nitrogen and oxygen atoms in total. The van der Waals surface area contributed by atoms with Crippen molar-refractivity contribution < 1.29 is 46.9 Å². The minimum Gasteiger partial charge on any atom is -0.508 e. The predicted octanol–water partition coefficient (Wildman–Crippen LogP) is -0.831. The van der Waals surface area contributed by atoms with Crippen LogP contribution in [0.1, 0.15) is 23.2 Å². The average Bonchev–Trinajstić information content (AvgIpc) is 2.71. The van der Waals surface area contributed by atoms with Gasteiger partial charge in [-0.1, -0.05) is 0 Å². The van der Waals surface area contributed by atoms with Crippen molar-refractivity contribution in [2.24, 2.45) is 0 Å². The van der Waals surface area contributed by atoms with Gasteiger partial charge >= 0.3 is 11.9 Å². The van der Waals surface area contributed by atoms with Crippen LogP contribution in [0.25, 0.3) is 0 Å². The SMILES string of the molecule is O=C(O)C(NCCNC(C(=O)O)c1cc([SH](=O)=O)ccc1O)c1cc([SH](=O)=O)ccc1O. The number of carbonyl (C=O) groups is 2. The highest BCUT2D eigenvalue weighted by atomic mass is 32.2. The first-order chi connectivity index (χ1) is 15.0. The molecule has 0 saturated carbocycles. The Morgan fingerprint density at radius 1 is 0.719 bits per heavy atom. The van der Waals surface area contributed by atoms with Crippen molar-refractivity contribution in [3.8, 4) is 11.5 Å². The number of rotatable bonds is 11. The lowest BCUT2D eigenvalue weighted by molar-refractivity contribution is -0.141. The third-order valence-electron chi connectivity index (χ3n) is 4.38. The number of hydrogen-bond donors (Lipinski definition) is 8. The Bertz CT molecular complexity index is 1070. The van der Waals surface area contributed by atoms with E-state index < -0.39 is 56.9 Å². The first-order valence-corrected chi connectivity index (χ1v) is 11.3. The summed E-state index contributed by atoms with van der Waals surface area (Å²) in [5.41, 5.74) is -0.401. The van der Waals surface area contributed by atoms with E-state index in [9.17, 15) is 46.9 Å². The summed E-state index contributed by atoms with van der Waals surface area (Å²) in [5, 5.41) is 43.9. The number of benzene rings is 2. The summed E-state index contributed by atoms with van der Waals surface area (Å²) < 4.78 is 44.6. The molecule has 0 aliphatic rings. The van der Waals surface area contributed by atoms with Crippen molar-refractivity contribution in [2.45, 2.75) is 21.9 Å². The molecule has 0 saturated heterocycles. The monoisotopic (exact) mass is 488 g/mol. The van der Waals surface area contributed by atoms with Crippen LogP contribution in [0.15, 0.2) is 46.2 Å². The number of phenolic OH excluding ortho intramolecular Hbond substituents is 2. The molecule has 0 aliphatic heterocycles. The Morgan fingerprint density at radius 3 is 1.34 bits per heavy atom. The summed E-state index contributed by atoms with van der Waals surface area (Å²) in [6.45, 7) is -0.297. The molecule has 0 fully saturated rings. The van der Waals surface area contributed by atoms with Crippen LogP contribution in [0.2, 0.25) is 0 Å². The van der Waals surface area contributed by atoms with E-state index in [0.29, 0.717) is 0 Å². The van der Waals surface area contributed by atoms with E-state index in [4.69, 9.17) is 0 Å². The van der Waals surface area contributed by atoms with Crippen LogP contribution < -0.4 is 10.6 Å². The van der Waals surface area contributed by atoms with E-state index in [1.54, 1.807) is 0 Å². The molecule has 0 bridgehead atoms. The molecule has 2 atom stereocenters. The largest absolute Gasteiger partial charge is 0.508 e. The van der Waals surface area contributed by atoms with Gasteiger partial charge in [0, 0.05) is 24.2 Å². The van der Waals surface area contributed by atoms with Gasteiger partial charge < -0.3 is 20.4 Å². The Kier molecular flexibility index (Phi) is 8.54. The Hall–Kier alpha value is -3.20. The number of aliphatic carboxylic acids is 2. The zero-order valence-electron chi connectivity index (χ0n) is 16.2. The molecule has 2 aromatic rings. The second-order valence-corrected chi connectivity index (χ2v) is 8.51. The van der Waals surface area contributed by atoms with Gasteiger partial charge in [0.25, 0.3) is 0 Å². The molecule has 0 spiro atoms. The second kappa shape index (κ2) is 10.9. The van der Waals surface area contributed by atoms with Crippen molar-refractivity contribution in [3.05, 3.63) is 47.5 Å². The minimum absolute atomic E-state index is 0.149. The minimum atomic E-state index is -3.01. The number of carboxylic acids is 2. The number of hydrogen-bond acceptors (Lipinski definition) is 10. The molecule has 2 unspecified atom stereocenters. The highest BCUT2D eigenvalue weighted by Gasteiger charge is 2.25. The smallest absolute Gasteiger partial charge is 0.325 e. The first-order valence-electron chi connectivity index (χ1n) is 8.90. The van der Waals surface area contributed by atoms with Gasteiger partial charge in [-0.05, 0) is 36.4 Å².